The van der Waals surface area contributed by atoms with Crippen molar-refractivity contribution in [1.29, 1.82) is 5.26 Å². The van der Waals surface area contributed by atoms with E-state index in [1.165, 1.54) is 11.3 Å². The number of nitrogens with zero attached hydrogens (tertiary/aromatic N) is 2. The molecule has 2 heterocycles. The standard InChI is InChI=1S/C16H9ClN2OS2/c17-12-5-2-1-4-10(12)15(20)11(8-18)16-19-13(9-22-16)14-6-3-7-21-14/h1-7,9,20H. The fourth-order valence-corrected chi connectivity index (χ4v) is 3.72. The summed E-state index contributed by atoms with van der Waals surface area (Å²) in [6.45, 7) is 0. The summed E-state index contributed by atoms with van der Waals surface area (Å²) in [6.07, 6.45) is 0. The van der Waals surface area contributed by atoms with Crippen molar-refractivity contribution in [3.63, 3.8) is 0 Å². The molecule has 0 radical (unpaired) electrons. The van der Waals surface area contributed by atoms with Crippen molar-refractivity contribution < 1.29 is 5.11 Å². The minimum absolute atomic E-state index is 0.126. The molecule has 108 valence electrons. The van der Waals surface area contributed by atoms with E-state index in [0.717, 1.165) is 10.6 Å². The van der Waals surface area contributed by atoms with E-state index in [1.54, 1.807) is 35.6 Å². The van der Waals surface area contributed by atoms with E-state index in [0.29, 0.717) is 15.6 Å². The first-order valence-corrected chi connectivity index (χ1v) is 8.42. The largest absolute Gasteiger partial charge is 0.506 e. The van der Waals surface area contributed by atoms with E-state index < -0.39 is 0 Å². The molecule has 6 heteroatoms. The number of aliphatic hydroxyl groups excluding tert-OH is 1. The van der Waals surface area contributed by atoms with Gasteiger partial charge in [-0.05, 0) is 23.6 Å². The molecule has 0 atom stereocenters. The van der Waals surface area contributed by atoms with Crippen molar-refractivity contribution in [3.05, 3.63) is 62.8 Å². The summed E-state index contributed by atoms with van der Waals surface area (Å²) in [7, 11) is 0. The Morgan fingerprint density at radius 1 is 1.18 bits per heavy atom. The van der Waals surface area contributed by atoms with Gasteiger partial charge in [0.05, 0.1) is 15.6 Å². The number of halogens is 1. The molecule has 0 fully saturated rings. The lowest BCUT2D eigenvalue weighted by molar-refractivity contribution is 0.514. The normalized spacial score (nSPS) is 11.8. The molecule has 0 saturated carbocycles. The molecule has 3 aromatic rings. The number of benzene rings is 1. The summed E-state index contributed by atoms with van der Waals surface area (Å²) >= 11 is 8.97. The predicted octanol–water partition coefficient (Wildman–Crippen LogP) is 5.47. The summed E-state index contributed by atoms with van der Waals surface area (Å²) in [5, 5.41) is 24.5. The lowest BCUT2D eigenvalue weighted by atomic mass is 10.1. The Labute approximate surface area is 140 Å². The van der Waals surface area contributed by atoms with Gasteiger partial charge in [0.25, 0.3) is 0 Å². The molecule has 2 aromatic heterocycles. The van der Waals surface area contributed by atoms with E-state index in [1.807, 2.05) is 29.0 Å². The van der Waals surface area contributed by atoms with E-state index in [-0.39, 0.29) is 11.3 Å². The van der Waals surface area contributed by atoms with Crippen molar-refractivity contribution >= 4 is 45.6 Å². The molecule has 0 amide bonds. The molecule has 3 nitrogen and oxygen atoms in total. The van der Waals surface area contributed by atoms with E-state index in [9.17, 15) is 10.4 Å². The van der Waals surface area contributed by atoms with Gasteiger partial charge in [0.1, 0.15) is 22.4 Å². The summed E-state index contributed by atoms with van der Waals surface area (Å²) in [5.41, 5.74) is 1.35. The van der Waals surface area contributed by atoms with Crippen LogP contribution in [-0.2, 0) is 0 Å². The highest BCUT2D eigenvalue weighted by Crippen LogP contribution is 2.33. The first-order valence-electron chi connectivity index (χ1n) is 6.28. The lowest BCUT2D eigenvalue weighted by Gasteiger charge is -2.04. The van der Waals surface area contributed by atoms with Gasteiger partial charge in [-0.15, -0.1) is 22.7 Å². The van der Waals surface area contributed by atoms with Crippen LogP contribution >= 0.6 is 34.3 Å². The second kappa shape index (κ2) is 6.32. The molecular weight excluding hydrogens is 336 g/mol. The van der Waals surface area contributed by atoms with Gasteiger partial charge in [0.15, 0.2) is 0 Å². The van der Waals surface area contributed by atoms with Crippen molar-refractivity contribution in [2.75, 3.05) is 0 Å². The number of hydrogen-bond donors (Lipinski definition) is 1. The van der Waals surface area contributed by atoms with Crippen LogP contribution in [0.25, 0.3) is 21.9 Å². The van der Waals surface area contributed by atoms with Gasteiger partial charge in [-0.2, -0.15) is 5.26 Å². The molecule has 0 spiro atoms. The maximum Gasteiger partial charge on any atom is 0.145 e. The highest BCUT2D eigenvalue weighted by Gasteiger charge is 2.16. The first kappa shape index (κ1) is 14.8. The predicted molar refractivity (Wildman–Crippen MR) is 91.9 cm³/mol. The fraction of sp³-hybridized carbons (Fsp3) is 0. The molecule has 0 aliphatic heterocycles. The SMILES string of the molecule is N#CC(=C(O)c1ccccc1Cl)c1nc(-c2cccs2)cs1. The molecule has 0 saturated heterocycles. The highest BCUT2D eigenvalue weighted by atomic mass is 35.5. The van der Waals surface area contributed by atoms with Crippen molar-refractivity contribution in [3.8, 4) is 16.6 Å². The molecular formula is C16H9ClN2OS2. The minimum Gasteiger partial charge on any atom is -0.506 e. The molecule has 0 unspecified atom stereocenters. The van der Waals surface area contributed by atoms with Crippen LogP contribution in [0.5, 0.6) is 0 Å². The third kappa shape index (κ3) is 2.77. The Morgan fingerprint density at radius 3 is 2.68 bits per heavy atom. The van der Waals surface area contributed by atoms with Gasteiger partial charge in [0, 0.05) is 10.9 Å². The Balaban J connectivity index is 2.07. The van der Waals surface area contributed by atoms with E-state index in [2.05, 4.69) is 4.98 Å². The number of thiophene rings is 1. The Morgan fingerprint density at radius 2 is 2.00 bits per heavy atom. The summed E-state index contributed by atoms with van der Waals surface area (Å²) < 4.78 is 0. The number of allylic oxidation sites excluding steroid dienone is 1. The van der Waals surface area contributed by atoms with Crippen LogP contribution in [0, 0.1) is 11.3 Å². The zero-order valence-corrected chi connectivity index (χ0v) is 13.5. The van der Waals surface area contributed by atoms with Crippen LogP contribution in [-0.4, -0.2) is 10.1 Å². The number of hydrogen-bond acceptors (Lipinski definition) is 5. The van der Waals surface area contributed by atoms with Crippen molar-refractivity contribution in [1.82, 2.24) is 4.98 Å². The Kier molecular flexibility index (Phi) is 4.25. The summed E-state index contributed by atoms with van der Waals surface area (Å²) in [4.78, 5) is 5.47. The fourth-order valence-electron chi connectivity index (χ4n) is 1.92. The second-order valence-electron chi connectivity index (χ2n) is 4.33. The van der Waals surface area contributed by atoms with Crippen LogP contribution in [0.2, 0.25) is 5.02 Å². The maximum absolute atomic E-state index is 10.4. The zero-order valence-electron chi connectivity index (χ0n) is 11.2. The third-order valence-corrected chi connectivity index (χ3v) is 5.05. The Hall–Kier alpha value is -2.13. The van der Waals surface area contributed by atoms with Crippen molar-refractivity contribution in [2.24, 2.45) is 0 Å². The Bertz CT molecular complexity index is 876. The minimum atomic E-state index is -0.153. The zero-order chi connectivity index (χ0) is 15.5. The van der Waals surface area contributed by atoms with Gasteiger partial charge in [-0.25, -0.2) is 4.98 Å². The molecule has 22 heavy (non-hydrogen) atoms. The third-order valence-electron chi connectivity index (χ3n) is 2.97. The van der Waals surface area contributed by atoms with Crippen molar-refractivity contribution in [2.45, 2.75) is 0 Å². The van der Waals surface area contributed by atoms with E-state index >= 15 is 0 Å². The number of nitriles is 1. The molecule has 0 bridgehead atoms. The van der Waals surface area contributed by atoms with Gasteiger partial charge in [0.2, 0.25) is 0 Å². The first-order chi connectivity index (χ1) is 10.7. The molecule has 0 aliphatic rings. The number of thiazole rings is 1. The second-order valence-corrected chi connectivity index (χ2v) is 6.54. The summed E-state index contributed by atoms with van der Waals surface area (Å²) in [5.74, 6) is -0.153. The molecule has 1 aromatic carbocycles. The number of aliphatic hydroxyl groups is 1. The highest BCUT2D eigenvalue weighted by molar-refractivity contribution is 7.14. The van der Waals surface area contributed by atoms with Gasteiger partial charge >= 0.3 is 0 Å². The summed E-state index contributed by atoms with van der Waals surface area (Å²) in [6, 6.07) is 12.8. The molecule has 1 N–H and O–H groups in total. The maximum atomic E-state index is 10.4. The van der Waals surface area contributed by atoms with Crippen LogP contribution in [0.4, 0.5) is 0 Å². The number of aromatic nitrogens is 1. The average molecular weight is 345 g/mol. The quantitative estimate of drug-likeness (QED) is 0.506. The number of rotatable bonds is 3. The van der Waals surface area contributed by atoms with E-state index in [4.69, 9.17) is 11.6 Å². The van der Waals surface area contributed by atoms with Crippen LogP contribution in [0.3, 0.4) is 0 Å². The average Bonchev–Trinajstić information content (AvgIpc) is 3.19. The topological polar surface area (TPSA) is 56.9 Å². The van der Waals surface area contributed by atoms with Crippen LogP contribution < -0.4 is 0 Å². The molecule has 0 aliphatic carbocycles. The van der Waals surface area contributed by atoms with Crippen LogP contribution in [0.15, 0.2) is 47.2 Å². The monoisotopic (exact) mass is 344 g/mol. The lowest BCUT2D eigenvalue weighted by Crippen LogP contribution is -1.91. The van der Waals surface area contributed by atoms with Crippen LogP contribution in [0.1, 0.15) is 10.6 Å². The molecule has 3 rings (SSSR count). The van der Waals surface area contributed by atoms with Gasteiger partial charge in [-0.3, -0.25) is 0 Å². The smallest absolute Gasteiger partial charge is 0.145 e. The van der Waals surface area contributed by atoms with Gasteiger partial charge in [-0.1, -0.05) is 29.8 Å². The van der Waals surface area contributed by atoms with Gasteiger partial charge < -0.3 is 5.11 Å².